The molecule has 2 rings (SSSR count). The number of thiazole rings is 1. The minimum atomic E-state index is 0.653. The molecule has 0 fully saturated rings. The van der Waals surface area contributed by atoms with Crippen LogP contribution in [0.25, 0.3) is 11.3 Å². The highest BCUT2D eigenvalue weighted by Gasteiger charge is 2.10. The normalized spacial score (nSPS) is 10.7. The number of halogens is 1. The van der Waals surface area contributed by atoms with Gasteiger partial charge in [0.2, 0.25) is 0 Å². The van der Waals surface area contributed by atoms with Crippen molar-refractivity contribution < 1.29 is 0 Å². The molecule has 0 atom stereocenters. The number of hydrogen-bond acceptors (Lipinski definition) is 2. The molecule has 3 heteroatoms. The average molecular weight is 252 g/mol. The van der Waals surface area contributed by atoms with Crippen molar-refractivity contribution in [2.24, 2.45) is 0 Å². The molecule has 0 radical (unpaired) electrons. The maximum absolute atomic E-state index is 5.80. The summed E-state index contributed by atoms with van der Waals surface area (Å²) >= 11 is 7.49. The van der Waals surface area contributed by atoms with Gasteiger partial charge in [0, 0.05) is 16.3 Å². The summed E-state index contributed by atoms with van der Waals surface area (Å²) in [6.07, 6.45) is 0.898. The lowest BCUT2D eigenvalue weighted by molar-refractivity contribution is 1.17. The molecular formula is C13H14ClNS. The van der Waals surface area contributed by atoms with Crippen molar-refractivity contribution in [3.8, 4) is 11.3 Å². The monoisotopic (exact) mass is 251 g/mol. The van der Waals surface area contributed by atoms with Gasteiger partial charge >= 0.3 is 0 Å². The Bertz CT molecular complexity index is 490. The molecule has 0 spiro atoms. The van der Waals surface area contributed by atoms with Gasteiger partial charge in [-0.15, -0.1) is 22.9 Å². The lowest BCUT2D eigenvalue weighted by Gasteiger charge is -2.06. The van der Waals surface area contributed by atoms with Crippen molar-refractivity contribution in [3.63, 3.8) is 0 Å². The average Bonchev–Trinajstić information content (AvgIpc) is 2.70. The molecule has 1 aromatic heterocycles. The quantitative estimate of drug-likeness (QED) is 0.745. The maximum Gasteiger partial charge on any atom is 0.0846 e. The first-order valence-electron chi connectivity index (χ1n) is 5.28. The van der Waals surface area contributed by atoms with Crippen LogP contribution in [-0.2, 0) is 6.42 Å². The SMILES string of the molecule is Cc1ccc(C)c(-c2ncsc2CCCl)c1. The second-order valence-corrected chi connectivity index (χ2v) is 5.20. The zero-order chi connectivity index (χ0) is 11.5. The van der Waals surface area contributed by atoms with E-state index < -0.39 is 0 Å². The van der Waals surface area contributed by atoms with E-state index in [1.165, 1.54) is 21.6 Å². The Morgan fingerprint density at radius 2 is 2.12 bits per heavy atom. The van der Waals surface area contributed by atoms with Gasteiger partial charge in [0.25, 0.3) is 0 Å². The minimum absolute atomic E-state index is 0.653. The van der Waals surface area contributed by atoms with Gasteiger partial charge < -0.3 is 0 Å². The molecular weight excluding hydrogens is 238 g/mol. The van der Waals surface area contributed by atoms with Crippen molar-refractivity contribution in [3.05, 3.63) is 39.7 Å². The predicted molar refractivity (Wildman–Crippen MR) is 71.4 cm³/mol. The summed E-state index contributed by atoms with van der Waals surface area (Å²) in [5.74, 6) is 0.653. The van der Waals surface area contributed by atoms with Crippen molar-refractivity contribution in [2.45, 2.75) is 20.3 Å². The fourth-order valence-electron chi connectivity index (χ4n) is 1.74. The minimum Gasteiger partial charge on any atom is -0.244 e. The van der Waals surface area contributed by atoms with Gasteiger partial charge in [0.1, 0.15) is 0 Å². The van der Waals surface area contributed by atoms with Crippen molar-refractivity contribution >= 4 is 22.9 Å². The maximum atomic E-state index is 5.80. The number of benzene rings is 1. The summed E-state index contributed by atoms with van der Waals surface area (Å²) in [7, 11) is 0. The van der Waals surface area contributed by atoms with Crippen LogP contribution in [0.1, 0.15) is 16.0 Å². The summed E-state index contributed by atoms with van der Waals surface area (Å²) in [5, 5.41) is 0. The van der Waals surface area contributed by atoms with Gasteiger partial charge in [-0.25, -0.2) is 4.98 Å². The van der Waals surface area contributed by atoms with Crippen molar-refractivity contribution in [1.82, 2.24) is 4.98 Å². The van der Waals surface area contributed by atoms with Gasteiger partial charge in [-0.05, 0) is 31.9 Å². The molecule has 0 aliphatic heterocycles. The molecule has 0 aliphatic rings. The third kappa shape index (κ3) is 2.28. The van der Waals surface area contributed by atoms with Crippen LogP contribution >= 0.6 is 22.9 Å². The first kappa shape index (κ1) is 11.6. The van der Waals surface area contributed by atoms with Crippen molar-refractivity contribution in [2.75, 3.05) is 5.88 Å². The number of nitrogens with zero attached hydrogens (tertiary/aromatic N) is 1. The van der Waals surface area contributed by atoms with E-state index in [0.717, 1.165) is 12.1 Å². The summed E-state index contributed by atoms with van der Waals surface area (Å²) < 4.78 is 0. The summed E-state index contributed by atoms with van der Waals surface area (Å²) in [6.45, 7) is 4.23. The Morgan fingerprint density at radius 1 is 1.31 bits per heavy atom. The van der Waals surface area contributed by atoms with Gasteiger partial charge in [0.05, 0.1) is 11.2 Å². The number of aryl methyl sites for hydroxylation is 3. The molecule has 1 nitrogen and oxygen atoms in total. The molecule has 0 saturated carbocycles. The number of aromatic nitrogens is 1. The Balaban J connectivity index is 2.49. The Labute approximate surface area is 105 Å². The van der Waals surface area contributed by atoms with Crippen LogP contribution in [0.4, 0.5) is 0 Å². The molecule has 1 aromatic carbocycles. The fraction of sp³-hybridized carbons (Fsp3) is 0.308. The fourth-order valence-corrected chi connectivity index (χ4v) is 2.82. The molecule has 2 aromatic rings. The van der Waals surface area contributed by atoms with E-state index in [2.05, 4.69) is 37.0 Å². The number of rotatable bonds is 3. The van der Waals surface area contributed by atoms with E-state index in [1.807, 2.05) is 5.51 Å². The van der Waals surface area contributed by atoms with Crippen LogP contribution in [-0.4, -0.2) is 10.9 Å². The molecule has 0 N–H and O–H groups in total. The highest BCUT2D eigenvalue weighted by atomic mass is 35.5. The highest BCUT2D eigenvalue weighted by Crippen LogP contribution is 2.29. The predicted octanol–water partition coefficient (Wildman–Crippen LogP) is 4.21. The molecule has 0 amide bonds. The largest absolute Gasteiger partial charge is 0.244 e. The summed E-state index contributed by atoms with van der Waals surface area (Å²) in [6, 6.07) is 6.48. The summed E-state index contributed by atoms with van der Waals surface area (Å²) in [5.41, 5.74) is 6.78. The zero-order valence-electron chi connectivity index (χ0n) is 9.46. The van der Waals surface area contributed by atoms with E-state index in [-0.39, 0.29) is 0 Å². The summed E-state index contributed by atoms with van der Waals surface area (Å²) in [4.78, 5) is 5.75. The smallest absolute Gasteiger partial charge is 0.0846 e. The first-order valence-corrected chi connectivity index (χ1v) is 6.69. The Kier molecular flexibility index (Phi) is 3.62. The topological polar surface area (TPSA) is 12.9 Å². The van der Waals surface area contributed by atoms with E-state index in [9.17, 15) is 0 Å². The van der Waals surface area contributed by atoms with Crippen LogP contribution in [0, 0.1) is 13.8 Å². The van der Waals surface area contributed by atoms with Crippen LogP contribution in [0.3, 0.4) is 0 Å². The standard InChI is InChI=1S/C13H14ClNS/c1-9-3-4-10(2)11(7-9)13-12(5-6-14)16-8-15-13/h3-4,7-8H,5-6H2,1-2H3. The van der Waals surface area contributed by atoms with E-state index in [1.54, 1.807) is 11.3 Å². The molecule has 0 saturated heterocycles. The Morgan fingerprint density at radius 3 is 2.88 bits per heavy atom. The van der Waals surface area contributed by atoms with E-state index >= 15 is 0 Å². The lowest BCUT2D eigenvalue weighted by atomic mass is 10.0. The van der Waals surface area contributed by atoms with Gasteiger partial charge in [-0.3, -0.25) is 0 Å². The molecule has 0 unspecified atom stereocenters. The molecule has 0 bridgehead atoms. The van der Waals surface area contributed by atoms with Crippen LogP contribution in [0.5, 0.6) is 0 Å². The highest BCUT2D eigenvalue weighted by molar-refractivity contribution is 7.10. The zero-order valence-corrected chi connectivity index (χ0v) is 11.0. The van der Waals surface area contributed by atoms with Crippen LogP contribution < -0.4 is 0 Å². The number of hydrogen-bond donors (Lipinski definition) is 0. The Hall–Kier alpha value is -0.860. The van der Waals surface area contributed by atoms with Crippen molar-refractivity contribution in [1.29, 1.82) is 0 Å². The molecule has 1 heterocycles. The molecule has 84 valence electrons. The number of alkyl halides is 1. The van der Waals surface area contributed by atoms with Gasteiger partial charge in [0.15, 0.2) is 0 Å². The van der Waals surface area contributed by atoms with Gasteiger partial charge in [-0.1, -0.05) is 17.7 Å². The lowest BCUT2D eigenvalue weighted by Crippen LogP contribution is -1.90. The molecule has 0 aliphatic carbocycles. The second-order valence-electron chi connectivity index (χ2n) is 3.88. The van der Waals surface area contributed by atoms with Gasteiger partial charge in [-0.2, -0.15) is 0 Å². The van der Waals surface area contributed by atoms with Crippen LogP contribution in [0.15, 0.2) is 23.7 Å². The van der Waals surface area contributed by atoms with E-state index in [4.69, 9.17) is 11.6 Å². The molecule has 16 heavy (non-hydrogen) atoms. The third-order valence-electron chi connectivity index (χ3n) is 2.61. The van der Waals surface area contributed by atoms with E-state index in [0.29, 0.717) is 5.88 Å². The second kappa shape index (κ2) is 4.98. The third-order valence-corrected chi connectivity index (χ3v) is 3.69. The first-order chi connectivity index (χ1) is 7.72. The van der Waals surface area contributed by atoms with Crippen LogP contribution in [0.2, 0.25) is 0 Å².